The van der Waals surface area contributed by atoms with Crippen LogP contribution in [0.15, 0.2) is 34.7 Å². The van der Waals surface area contributed by atoms with Crippen molar-refractivity contribution in [3.05, 3.63) is 58.8 Å². The number of carbonyl (C=O) groups is 1. The molecule has 1 fully saturated rings. The van der Waals surface area contributed by atoms with Crippen LogP contribution < -0.4 is 0 Å². The molecule has 2 aromatic rings. The average molecular weight is 372 g/mol. The summed E-state index contributed by atoms with van der Waals surface area (Å²) >= 11 is 0. The van der Waals surface area contributed by atoms with Gasteiger partial charge in [-0.3, -0.25) is 4.79 Å². The van der Waals surface area contributed by atoms with Gasteiger partial charge in [0.05, 0.1) is 5.56 Å². The van der Waals surface area contributed by atoms with E-state index in [4.69, 9.17) is 4.42 Å². The predicted molar refractivity (Wildman–Crippen MR) is 104 cm³/mol. The minimum absolute atomic E-state index is 0.0350. The highest BCUT2D eigenvalue weighted by Gasteiger charge is 2.24. The summed E-state index contributed by atoms with van der Waals surface area (Å²) in [6.45, 7) is 7.53. The zero-order valence-electron chi connectivity index (χ0n) is 16.5. The zero-order valence-corrected chi connectivity index (χ0v) is 16.5. The lowest BCUT2D eigenvalue weighted by molar-refractivity contribution is 0.0728. The number of halogens is 1. The molecule has 1 aromatic carbocycles. The van der Waals surface area contributed by atoms with Gasteiger partial charge in [-0.2, -0.15) is 0 Å². The average Bonchev–Trinajstić information content (AvgIpc) is 2.99. The number of aryl methyl sites for hydroxylation is 2. The van der Waals surface area contributed by atoms with Gasteiger partial charge in [-0.15, -0.1) is 0 Å². The molecule has 1 amide bonds. The van der Waals surface area contributed by atoms with Crippen molar-refractivity contribution in [3.8, 4) is 0 Å². The van der Waals surface area contributed by atoms with Crippen LogP contribution in [-0.4, -0.2) is 48.9 Å². The summed E-state index contributed by atoms with van der Waals surface area (Å²) in [7, 11) is 1.88. The number of carbonyl (C=O) groups excluding carboxylic acids is 1. The summed E-state index contributed by atoms with van der Waals surface area (Å²) in [6.07, 6.45) is 3.23. The van der Waals surface area contributed by atoms with Crippen LogP contribution in [0.4, 0.5) is 4.39 Å². The number of hydrogen-bond acceptors (Lipinski definition) is 3. The molecular weight excluding hydrogens is 343 g/mol. The minimum atomic E-state index is -0.187. The highest BCUT2D eigenvalue weighted by Crippen LogP contribution is 2.20. The number of nitrogens with zero attached hydrogens (tertiary/aromatic N) is 2. The maximum atomic E-state index is 13.0. The Morgan fingerprint density at radius 2 is 2.04 bits per heavy atom. The molecule has 0 saturated carbocycles. The zero-order chi connectivity index (χ0) is 19.4. The molecule has 1 saturated heterocycles. The SMILES string of the molecule is Cc1cc(C(=O)N(C)C[C@H]2CCCN(CCc3ccc(F)cc3)C2)c(C)o1. The molecule has 0 bridgehead atoms. The van der Waals surface area contributed by atoms with E-state index in [2.05, 4.69) is 4.90 Å². The first-order valence-corrected chi connectivity index (χ1v) is 9.71. The molecule has 1 aromatic heterocycles. The normalized spacial score (nSPS) is 17.9. The van der Waals surface area contributed by atoms with E-state index in [1.807, 2.05) is 44.0 Å². The third-order valence-electron chi connectivity index (χ3n) is 5.38. The number of amides is 1. The molecule has 3 rings (SSSR count). The van der Waals surface area contributed by atoms with E-state index >= 15 is 0 Å². The third-order valence-corrected chi connectivity index (χ3v) is 5.38. The van der Waals surface area contributed by atoms with Crippen LogP contribution in [0.5, 0.6) is 0 Å². The van der Waals surface area contributed by atoms with Gasteiger partial charge in [0.15, 0.2) is 0 Å². The van der Waals surface area contributed by atoms with Crippen molar-refractivity contribution >= 4 is 5.91 Å². The molecule has 0 spiro atoms. The lowest BCUT2D eigenvalue weighted by Gasteiger charge is -2.34. The second-order valence-electron chi connectivity index (χ2n) is 7.70. The number of hydrogen-bond donors (Lipinski definition) is 0. The first kappa shape index (κ1) is 19.6. The van der Waals surface area contributed by atoms with Crippen molar-refractivity contribution < 1.29 is 13.6 Å². The number of piperidine rings is 1. The summed E-state index contributed by atoms with van der Waals surface area (Å²) in [5.41, 5.74) is 1.83. The minimum Gasteiger partial charge on any atom is -0.466 e. The van der Waals surface area contributed by atoms with Crippen LogP contribution in [0.1, 0.15) is 40.3 Å². The number of rotatable bonds is 6. The van der Waals surface area contributed by atoms with Gasteiger partial charge < -0.3 is 14.2 Å². The third kappa shape index (κ3) is 5.19. The second-order valence-corrected chi connectivity index (χ2v) is 7.70. The molecule has 27 heavy (non-hydrogen) atoms. The van der Waals surface area contributed by atoms with Gasteiger partial charge in [0.2, 0.25) is 0 Å². The topological polar surface area (TPSA) is 36.7 Å². The molecule has 4 nitrogen and oxygen atoms in total. The Morgan fingerprint density at radius 3 is 2.70 bits per heavy atom. The van der Waals surface area contributed by atoms with E-state index in [1.54, 1.807) is 0 Å². The van der Waals surface area contributed by atoms with E-state index in [0.29, 0.717) is 17.2 Å². The van der Waals surface area contributed by atoms with Crippen LogP contribution in [-0.2, 0) is 6.42 Å². The number of furan rings is 1. The summed E-state index contributed by atoms with van der Waals surface area (Å²) in [5.74, 6) is 1.79. The molecular formula is C22H29FN2O2. The van der Waals surface area contributed by atoms with Crippen molar-refractivity contribution in [1.82, 2.24) is 9.80 Å². The van der Waals surface area contributed by atoms with Crippen molar-refractivity contribution in [2.24, 2.45) is 5.92 Å². The van der Waals surface area contributed by atoms with Crippen LogP contribution in [0.3, 0.4) is 0 Å². The molecule has 0 aliphatic carbocycles. The first-order valence-electron chi connectivity index (χ1n) is 9.71. The lowest BCUT2D eigenvalue weighted by atomic mass is 9.96. The Kier molecular flexibility index (Phi) is 6.32. The molecule has 146 valence electrons. The molecule has 1 atom stereocenters. The van der Waals surface area contributed by atoms with E-state index in [0.717, 1.165) is 56.8 Å². The molecule has 1 aliphatic heterocycles. The van der Waals surface area contributed by atoms with Crippen LogP contribution >= 0.6 is 0 Å². The maximum absolute atomic E-state index is 13.0. The van der Waals surface area contributed by atoms with Gasteiger partial charge in [0.25, 0.3) is 5.91 Å². The second kappa shape index (κ2) is 8.70. The maximum Gasteiger partial charge on any atom is 0.257 e. The monoisotopic (exact) mass is 372 g/mol. The van der Waals surface area contributed by atoms with Gasteiger partial charge in [-0.25, -0.2) is 4.39 Å². The van der Waals surface area contributed by atoms with E-state index in [9.17, 15) is 9.18 Å². The summed E-state index contributed by atoms with van der Waals surface area (Å²) < 4.78 is 18.5. The lowest BCUT2D eigenvalue weighted by Crippen LogP contribution is -2.42. The van der Waals surface area contributed by atoms with Crippen LogP contribution in [0.2, 0.25) is 0 Å². The standard InChI is InChI=1S/C22H29FN2O2/c1-16-13-21(17(2)27-16)22(26)24(3)14-19-5-4-11-25(15-19)12-10-18-6-8-20(23)9-7-18/h6-9,13,19H,4-5,10-12,14-15H2,1-3H3/t19-/m1/s1. The number of benzene rings is 1. The molecule has 1 aliphatic rings. The summed E-state index contributed by atoms with van der Waals surface area (Å²) in [4.78, 5) is 17.0. The van der Waals surface area contributed by atoms with Crippen LogP contribution in [0, 0.1) is 25.6 Å². The van der Waals surface area contributed by atoms with Crippen LogP contribution in [0.25, 0.3) is 0 Å². The highest BCUT2D eigenvalue weighted by atomic mass is 19.1. The first-order chi connectivity index (χ1) is 12.9. The molecule has 2 heterocycles. The van der Waals surface area contributed by atoms with Crippen molar-refractivity contribution in [3.63, 3.8) is 0 Å². The Morgan fingerprint density at radius 1 is 1.30 bits per heavy atom. The van der Waals surface area contributed by atoms with Gasteiger partial charge in [-0.1, -0.05) is 12.1 Å². The fraction of sp³-hybridized carbons (Fsp3) is 0.500. The number of likely N-dealkylation sites (tertiary alicyclic amines) is 1. The summed E-state index contributed by atoms with van der Waals surface area (Å²) in [6, 6.07) is 8.59. The predicted octanol–water partition coefficient (Wildman–Crippen LogP) is 4.06. The quantitative estimate of drug-likeness (QED) is 0.767. The Hall–Kier alpha value is -2.14. The van der Waals surface area contributed by atoms with Crippen molar-refractivity contribution in [2.45, 2.75) is 33.1 Å². The van der Waals surface area contributed by atoms with E-state index < -0.39 is 0 Å². The van der Waals surface area contributed by atoms with Crippen molar-refractivity contribution in [2.75, 3.05) is 33.2 Å². The van der Waals surface area contributed by atoms with E-state index in [1.165, 1.54) is 12.1 Å². The Labute approximate surface area is 161 Å². The van der Waals surface area contributed by atoms with Gasteiger partial charge in [0.1, 0.15) is 17.3 Å². The molecule has 0 N–H and O–H groups in total. The van der Waals surface area contributed by atoms with Gasteiger partial charge in [0, 0.05) is 26.7 Å². The fourth-order valence-electron chi connectivity index (χ4n) is 3.96. The molecule has 0 unspecified atom stereocenters. The highest BCUT2D eigenvalue weighted by molar-refractivity contribution is 5.95. The summed E-state index contributed by atoms with van der Waals surface area (Å²) in [5, 5.41) is 0. The largest absolute Gasteiger partial charge is 0.466 e. The molecule has 0 radical (unpaired) electrons. The Bertz CT molecular complexity index is 769. The Balaban J connectivity index is 1.50. The fourth-order valence-corrected chi connectivity index (χ4v) is 3.96. The van der Waals surface area contributed by atoms with Gasteiger partial charge >= 0.3 is 0 Å². The smallest absolute Gasteiger partial charge is 0.257 e. The molecule has 5 heteroatoms. The van der Waals surface area contributed by atoms with Gasteiger partial charge in [-0.05, 0) is 69.3 Å². The van der Waals surface area contributed by atoms with Crippen molar-refractivity contribution in [1.29, 1.82) is 0 Å². The van der Waals surface area contributed by atoms with E-state index in [-0.39, 0.29) is 11.7 Å².